The smallest absolute Gasteiger partial charge is 0.302 e. The summed E-state index contributed by atoms with van der Waals surface area (Å²) in [6.45, 7) is 4.25. The Hall–Kier alpha value is -3.71. The van der Waals surface area contributed by atoms with E-state index in [0.717, 1.165) is 50.3 Å². The van der Waals surface area contributed by atoms with E-state index in [1.165, 1.54) is 42.2 Å². The van der Waals surface area contributed by atoms with Crippen molar-refractivity contribution in [1.29, 1.82) is 10.5 Å². The van der Waals surface area contributed by atoms with Crippen molar-refractivity contribution in [2.24, 2.45) is 0 Å². The number of carbonyl (C=O) groups excluding carboxylic acids is 1. The van der Waals surface area contributed by atoms with Gasteiger partial charge in [0.25, 0.3) is 0 Å². The number of thiazole rings is 1. The van der Waals surface area contributed by atoms with Crippen molar-refractivity contribution >= 4 is 45.7 Å². The fourth-order valence-electron chi connectivity index (χ4n) is 4.52. The van der Waals surface area contributed by atoms with E-state index in [2.05, 4.69) is 32.3 Å². The van der Waals surface area contributed by atoms with Crippen molar-refractivity contribution in [1.82, 2.24) is 14.9 Å². The van der Waals surface area contributed by atoms with Crippen molar-refractivity contribution in [3.8, 4) is 12.1 Å². The molecule has 0 atom stereocenters. The van der Waals surface area contributed by atoms with Gasteiger partial charge >= 0.3 is 5.97 Å². The van der Waals surface area contributed by atoms with Gasteiger partial charge in [-0.15, -0.1) is 11.3 Å². The van der Waals surface area contributed by atoms with Gasteiger partial charge in [-0.3, -0.25) is 4.79 Å². The number of hydrogen-bond donors (Lipinski definition) is 2. The topological polar surface area (TPSA) is 141 Å². The predicted molar refractivity (Wildman–Crippen MR) is 149 cm³/mol. The van der Waals surface area contributed by atoms with Gasteiger partial charge in [-0.05, 0) is 68.1 Å². The third kappa shape index (κ3) is 7.45. The molecule has 3 N–H and O–H groups in total. The fourth-order valence-corrected chi connectivity index (χ4v) is 6.25. The molecule has 0 saturated carbocycles. The first kappa shape index (κ1) is 28.3. The number of carbonyl (C=O) groups is 1. The van der Waals surface area contributed by atoms with Crippen molar-refractivity contribution in [3.05, 3.63) is 57.8 Å². The highest BCUT2D eigenvalue weighted by atomic mass is 32.2. The number of likely N-dealkylation sites (tertiary alicyclic amines) is 1. The van der Waals surface area contributed by atoms with Crippen molar-refractivity contribution in [2.45, 2.75) is 42.9 Å². The number of benzene rings is 1. The van der Waals surface area contributed by atoms with Gasteiger partial charge in [-0.2, -0.15) is 10.5 Å². The summed E-state index contributed by atoms with van der Waals surface area (Å²) in [5.74, 6) is 0.0433. The van der Waals surface area contributed by atoms with E-state index >= 15 is 0 Å². The molecule has 1 aliphatic rings. The maximum Gasteiger partial charge on any atom is 0.302 e. The lowest BCUT2D eigenvalue weighted by molar-refractivity contribution is -0.141. The minimum Gasteiger partial charge on any atom is -0.466 e. The molecule has 0 bridgehead atoms. The third-order valence-corrected chi connectivity index (χ3v) is 8.19. The Balaban J connectivity index is 1.43. The lowest BCUT2D eigenvalue weighted by Crippen LogP contribution is -2.34. The Bertz CT molecular complexity index is 1390. The van der Waals surface area contributed by atoms with Gasteiger partial charge in [0.05, 0.1) is 23.4 Å². The molecule has 3 aromatic rings. The Kier molecular flexibility index (Phi) is 9.71. The molecular formula is C27H28FN7O2S2. The Labute approximate surface area is 234 Å². The van der Waals surface area contributed by atoms with Gasteiger partial charge in [-0.1, -0.05) is 11.8 Å². The van der Waals surface area contributed by atoms with Crippen molar-refractivity contribution < 1.29 is 13.9 Å². The number of thioether (sulfide) groups is 1. The van der Waals surface area contributed by atoms with Crippen LogP contribution in [0.5, 0.6) is 0 Å². The third-order valence-electron chi connectivity index (χ3n) is 6.38. The zero-order valence-electron chi connectivity index (χ0n) is 21.4. The number of anilines is 3. The maximum absolute atomic E-state index is 13.2. The monoisotopic (exact) mass is 565 g/mol. The lowest BCUT2D eigenvalue weighted by atomic mass is 9.84. The molecule has 0 amide bonds. The first-order chi connectivity index (χ1) is 18.9. The summed E-state index contributed by atoms with van der Waals surface area (Å²) in [7, 11) is 0. The number of halogens is 1. The van der Waals surface area contributed by atoms with Crippen LogP contribution in [0.4, 0.5) is 21.0 Å². The van der Waals surface area contributed by atoms with Crippen LogP contribution in [-0.4, -0.2) is 47.1 Å². The van der Waals surface area contributed by atoms with E-state index in [9.17, 15) is 19.7 Å². The second-order valence-corrected chi connectivity index (χ2v) is 10.9. The SMILES string of the molecule is CC(=O)OCCCN1CCC(c2c(C#N)c(N)nc(SCc3csc(Nc4ccc(F)cc4)n3)c2C#N)CC1. The van der Waals surface area contributed by atoms with Crippen molar-refractivity contribution in [2.75, 3.05) is 37.3 Å². The molecule has 0 radical (unpaired) electrons. The molecule has 39 heavy (non-hydrogen) atoms. The highest BCUT2D eigenvalue weighted by Crippen LogP contribution is 2.39. The quantitative estimate of drug-likeness (QED) is 0.192. The number of nitriles is 2. The molecule has 0 spiro atoms. The second kappa shape index (κ2) is 13.4. The number of nitrogen functional groups attached to an aromatic ring is 1. The van der Waals surface area contributed by atoms with Gasteiger partial charge in [0.1, 0.15) is 28.8 Å². The molecule has 9 nitrogen and oxygen atoms in total. The number of pyridine rings is 1. The Morgan fingerprint density at radius 2 is 1.95 bits per heavy atom. The number of hydrogen-bond acceptors (Lipinski definition) is 11. The van der Waals surface area contributed by atoms with E-state index in [4.69, 9.17) is 10.5 Å². The summed E-state index contributed by atoms with van der Waals surface area (Å²) >= 11 is 2.79. The van der Waals surface area contributed by atoms with Gasteiger partial charge in [0.15, 0.2) is 5.13 Å². The van der Waals surface area contributed by atoms with Gasteiger partial charge in [0, 0.05) is 30.3 Å². The molecule has 2 aromatic heterocycles. The van der Waals surface area contributed by atoms with Crippen molar-refractivity contribution in [3.63, 3.8) is 0 Å². The first-order valence-electron chi connectivity index (χ1n) is 12.5. The highest BCUT2D eigenvalue weighted by Gasteiger charge is 2.29. The van der Waals surface area contributed by atoms with Gasteiger partial charge in [-0.25, -0.2) is 14.4 Å². The van der Waals surface area contributed by atoms with Crippen LogP contribution < -0.4 is 11.1 Å². The maximum atomic E-state index is 13.2. The van der Waals surface area contributed by atoms with E-state index < -0.39 is 0 Å². The summed E-state index contributed by atoms with van der Waals surface area (Å²) in [6, 6.07) is 10.5. The normalized spacial score (nSPS) is 13.9. The van der Waals surface area contributed by atoms with Crippen LogP contribution in [0.1, 0.15) is 54.5 Å². The molecule has 3 heterocycles. The van der Waals surface area contributed by atoms with E-state index in [1.54, 1.807) is 12.1 Å². The number of esters is 1. The summed E-state index contributed by atoms with van der Waals surface area (Å²) < 4.78 is 18.2. The fraction of sp³-hybridized carbons (Fsp3) is 0.370. The lowest BCUT2D eigenvalue weighted by Gasteiger charge is -2.33. The predicted octanol–water partition coefficient (Wildman–Crippen LogP) is 5.17. The summed E-state index contributed by atoms with van der Waals surface area (Å²) in [6.07, 6.45) is 2.34. The molecule has 0 aliphatic carbocycles. The number of nitrogens with one attached hydrogen (secondary N) is 1. The van der Waals surface area contributed by atoms with Gasteiger partial charge < -0.3 is 20.7 Å². The number of nitrogens with zero attached hydrogens (tertiary/aromatic N) is 5. The average molecular weight is 566 g/mol. The first-order valence-corrected chi connectivity index (χ1v) is 14.3. The summed E-state index contributed by atoms with van der Waals surface area (Å²) in [4.78, 5) is 22.3. The Morgan fingerprint density at radius 1 is 1.23 bits per heavy atom. The number of nitrogens with two attached hydrogens (primary N) is 1. The summed E-state index contributed by atoms with van der Waals surface area (Å²) in [5, 5.41) is 26.2. The van der Waals surface area contributed by atoms with Crippen LogP contribution in [0.15, 0.2) is 34.7 Å². The average Bonchev–Trinajstić information content (AvgIpc) is 3.38. The van der Waals surface area contributed by atoms with Crippen LogP contribution in [0.25, 0.3) is 0 Å². The van der Waals surface area contributed by atoms with E-state index in [1.807, 2.05) is 5.38 Å². The number of ether oxygens (including phenoxy) is 1. The largest absolute Gasteiger partial charge is 0.466 e. The zero-order chi connectivity index (χ0) is 27.8. The molecule has 4 rings (SSSR count). The van der Waals surface area contributed by atoms with Crippen LogP contribution >= 0.6 is 23.1 Å². The minimum absolute atomic E-state index is 0.0226. The molecule has 1 saturated heterocycles. The molecular weight excluding hydrogens is 537 g/mol. The highest BCUT2D eigenvalue weighted by molar-refractivity contribution is 7.98. The number of rotatable bonds is 10. The molecule has 0 unspecified atom stereocenters. The molecule has 1 fully saturated rings. The minimum atomic E-state index is -0.305. The van der Waals surface area contributed by atoms with E-state index in [0.29, 0.717) is 33.6 Å². The number of aromatic nitrogens is 2. The van der Waals surface area contributed by atoms with E-state index in [-0.39, 0.29) is 29.1 Å². The molecule has 1 aliphatic heterocycles. The standard InChI is InChI=1S/C27H28FN7O2S2/c1-17(36)37-12-2-9-35-10-7-18(8-11-35)24-22(13-29)25(31)34-26(23(24)14-30)38-15-21-16-39-27(33-21)32-20-5-3-19(28)4-6-20/h3-6,16,18H,2,7-12,15H2,1H3,(H2,31,34)(H,32,33). The molecule has 202 valence electrons. The molecule has 1 aromatic carbocycles. The second-order valence-electron chi connectivity index (χ2n) is 9.06. The van der Waals surface area contributed by atoms with Crippen LogP contribution in [0, 0.1) is 28.5 Å². The van der Waals surface area contributed by atoms with Crippen LogP contribution in [0.3, 0.4) is 0 Å². The number of piperidine rings is 1. The van der Waals surface area contributed by atoms with Gasteiger partial charge in [0.2, 0.25) is 0 Å². The van der Waals surface area contributed by atoms with Crippen LogP contribution in [-0.2, 0) is 15.3 Å². The zero-order valence-corrected chi connectivity index (χ0v) is 23.1. The Morgan fingerprint density at radius 3 is 2.62 bits per heavy atom. The molecule has 12 heteroatoms. The summed E-state index contributed by atoms with van der Waals surface area (Å²) in [5.41, 5.74) is 9.11. The van der Waals surface area contributed by atoms with Crippen LogP contribution in [0.2, 0.25) is 0 Å².